The molecule has 11 heteroatoms. The summed E-state index contributed by atoms with van der Waals surface area (Å²) in [6.07, 6.45) is 7.39. The van der Waals surface area contributed by atoms with Gasteiger partial charge in [-0.2, -0.15) is 0 Å². The smallest absolute Gasteiger partial charge is 0.241 e. The normalized spacial score (nSPS) is 17.6. The molecule has 2 heterocycles. The summed E-state index contributed by atoms with van der Waals surface area (Å²) < 4.78 is 0.838. The minimum absolute atomic E-state index is 0.0266. The molecule has 3 aromatic rings. The summed E-state index contributed by atoms with van der Waals surface area (Å²) in [7, 11) is 0. The minimum Gasteiger partial charge on any atom is -0.353 e. The largest absolute Gasteiger partial charge is 0.353 e. The number of piperidine rings is 1. The Balaban J connectivity index is 1.05. The summed E-state index contributed by atoms with van der Waals surface area (Å²) in [6, 6.07) is 13.1. The van der Waals surface area contributed by atoms with E-state index >= 15 is 0 Å². The number of thiazole rings is 1. The lowest BCUT2D eigenvalue weighted by atomic mass is 9.84. The van der Waals surface area contributed by atoms with Gasteiger partial charge in [-0.05, 0) is 61.4 Å². The summed E-state index contributed by atoms with van der Waals surface area (Å²) in [5.41, 5.74) is 9.88. The number of nitrogens with zero attached hydrogens (tertiary/aromatic N) is 2. The fourth-order valence-electron chi connectivity index (χ4n) is 5.67. The lowest BCUT2D eigenvalue weighted by Crippen LogP contribution is -2.44. The van der Waals surface area contributed by atoms with Crippen LogP contribution in [0.3, 0.4) is 0 Å². The van der Waals surface area contributed by atoms with Crippen LogP contribution in [0, 0.1) is 5.92 Å². The van der Waals surface area contributed by atoms with E-state index in [-0.39, 0.29) is 23.8 Å². The monoisotopic (exact) mass is 645 g/mol. The van der Waals surface area contributed by atoms with Gasteiger partial charge in [0.05, 0.1) is 27.5 Å². The van der Waals surface area contributed by atoms with Crippen molar-refractivity contribution in [2.45, 2.75) is 67.9 Å². The van der Waals surface area contributed by atoms with E-state index in [0.29, 0.717) is 21.5 Å². The lowest BCUT2D eigenvalue weighted by molar-refractivity contribution is -0.120. The number of likely N-dealkylation sites (tertiary alicyclic amines) is 1. The first-order valence-corrected chi connectivity index (χ1v) is 17.2. The second-order valence-corrected chi connectivity index (χ2v) is 14.0. The van der Waals surface area contributed by atoms with E-state index < -0.39 is 6.04 Å². The van der Waals surface area contributed by atoms with Crippen LogP contribution in [0.1, 0.15) is 50.5 Å². The van der Waals surface area contributed by atoms with Crippen molar-refractivity contribution >= 4 is 63.8 Å². The van der Waals surface area contributed by atoms with E-state index in [0.717, 1.165) is 79.3 Å². The lowest BCUT2D eigenvalue weighted by Gasteiger charge is -2.32. The van der Waals surface area contributed by atoms with Crippen LogP contribution in [0.2, 0.25) is 10.0 Å². The molecule has 1 atom stereocenters. The van der Waals surface area contributed by atoms with Crippen molar-refractivity contribution in [2.24, 2.45) is 11.7 Å². The number of nitrogens with one attached hydrogen (secondary N) is 2. The van der Waals surface area contributed by atoms with Crippen LogP contribution >= 0.6 is 46.3 Å². The first-order chi connectivity index (χ1) is 20.3. The Kier molecular flexibility index (Phi) is 11.2. The number of rotatable bonds is 10. The summed E-state index contributed by atoms with van der Waals surface area (Å²) in [5.74, 6) is 0.478. The zero-order valence-corrected chi connectivity index (χ0v) is 26.6. The summed E-state index contributed by atoms with van der Waals surface area (Å²) in [5, 5.41) is 9.31. The Morgan fingerprint density at radius 3 is 2.60 bits per heavy atom. The molecule has 1 aliphatic heterocycles. The number of nitrogens with two attached hydrogens (primary N) is 1. The Labute approximate surface area is 265 Å². The number of hydrogen-bond donors (Lipinski definition) is 3. The predicted molar refractivity (Wildman–Crippen MR) is 174 cm³/mol. The highest BCUT2D eigenvalue weighted by atomic mass is 35.5. The molecule has 1 saturated heterocycles. The molecule has 2 fully saturated rings. The van der Waals surface area contributed by atoms with Gasteiger partial charge in [0.15, 0.2) is 4.34 Å². The molecular formula is C31H37Cl2N5O2S2. The number of amides is 2. The summed E-state index contributed by atoms with van der Waals surface area (Å²) >= 11 is 15.1. The number of anilines is 1. The van der Waals surface area contributed by atoms with Crippen molar-refractivity contribution < 1.29 is 9.59 Å². The van der Waals surface area contributed by atoms with Gasteiger partial charge in [0.2, 0.25) is 11.8 Å². The van der Waals surface area contributed by atoms with Crippen molar-refractivity contribution in [3.8, 4) is 11.3 Å². The molecule has 1 saturated carbocycles. The van der Waals surface area contributed by atoms with Crippen LogP contribution in [0.5, 0.6) is 0 Å². The van der Waals surface area contributed by atoms with Crippen LogP contribution < -0.4 is 16.4 Å². The first kappa shape index (κ1) is 31.3. The van der Waals surface area contributed by atoms with Gasteiger partial charge in [-0.15, -0.1) is 11.3 Å². The Morgan fingerprint density at radius 2 is 1.83 bits per heavy atom. The number of carbonyl (C=O) groups excluding carboxylic acids is 2. The molecule has 4 N–H and O–H groups in total. The van der Waals surface area contributed by atoms with Crippen LogP contribution in [-0.2, 0) is 16.1 Å². The molecule has 1 aromatic heterocycles. The number of carbonyl (C=O) groups is 2. The average molecular weight is 647 g/mol. The van der Waals surface area contributed by atoms with Gasteiger partial charge in [-0.3, -0.25) is 14.5 Å². The van der Waals surface area contributed by atoms with Gasteiger partial charge in [-0.1, -0.05) is 72.4 Å². The van der Waals surface area contributed by atoms with Gasteiger partial charge in [0, 0.05) is 42.3 Å². The van der Waals surface area contributed by atoms with E-state index in [9.17, 15) is 9.59 Å². The van der Waals surface area contributed by atoms with Crippen LogP contribution in [-0.4, -0.2) is 52.6 Å². The maximum Gasteiger partial charge on any atom is 0.241 e. The highest BCUT2D eigenvalue weighted by molar-refractivity contribution is 8.01. The topological polar surface area (TPSA) is 100 Å². The second kappa shape index (κ2) is 15.0. The van der Waals surface area contributed by atoms with Crippen molar-refractivity contribution in [3.63, 3.8) is 0 Å². The maximum atomic E-state index is 12.8. The predicted octanol–water partition coefficient (Wildman–Crippen LogP) is 6.84. The fraction of sp³-hybridized carbons (Fsp3) is 0.452. The van der Waals surface area contributed by atoms with Crippen molar-refractivity contribution in [3.05, 3.63) is 63.5 Å². The molecule has 2 aliphatic rings. The van der Waals surface area contributed by atoms with E-state index in [2.05, 4.69) is 15.5 Å². The highest BCUT2D eigenvalue weighted by Crippen LogP contribution is 2.30. The van der Waals surface area contributed by atoms with E-state index in [4.69, 9.17) is 33.9 Å². The summed E-state index contributed by atoms with van der Waals surface area (Å²) in [4.78, 5) is 32.5. The molecule has 42 heavy (non-hydrogen) atoms. The molecule has 2 aromatic carbocycles. The third-order valence-corrected chi connectivity index (χ3v) is 10.8. The van der Waals surface area contributed by atoms with E-state index in [1.165, 1.54) is 29.5 Å². The zero-order chi connectivity index (χ0) is 29.5. The second-order valence-electron chi connectivity index (χ2n) is 11.1. The molecule has 1 aliphatic carbocycles. The molecule has 2 amide bonds. The quantitative estimate of drug-likeness (QED) is 0.209. The van der Waals surface area contributed by atoms with Gasteiger partial charge in [0.25, 0.3) is 0 Å². The van der Waals surface area contributed by atoms with Crippen LogP contribution in [0.15, 0.2) is 52.2 Å². The number of hydrogen-bond acceptors (Lipinski definition) is 7. The molecule has 0 unspecified atom stereocenters. The third kappa shape index (κ3) is 8.71. The SMILES string of the molecule is N[C@H](C(=O)Nc1cccc(-c2csc(SCC(=O)NC3CCN(Cc4ccc(Cl)c(Cl)c4)CC3)n2)c1)C1CCCCC1. The molecule has 7 nitrogen and oxygen atoms in total. The van der Waals surface area contributed by atoms with Gasteiger partial charge in [0.1, 0.15) is 0 Å². The molecule has 224 valence electrons. The van der Waals surface area contributed by atoms with Crippen molar-refractivity contribution in [1.82, 2.24) is 15.2 Å². The zero-order valence-electron chi connectivity index (χ0n) is 23.5. The molecular weight excluding hydrogens is 609 g/mol. The van der Waals surface area contributed by atoms with Gasteiger partial charge < -0.3 is 16.4 Å². The number of thioether (sulfide) groups is 1. The fourth-order valence-corrected chi connectivity index (χ4v) is 7.64. The molecule has 5 rings (SSSR count). The molecule has 0 spiro atoms. The average Bonchev–Trinajstić information content (AvgIpc) is 3.48. The Bertz CT molecular complexity index is 1370. The Morgan fingerprint density at radius 1 is 1.05 bits per heavy atom. The molecule has 0 bridgehead atoms. The first-order valence-electron chi connectivity index (χ1n) is 14.5. The van der Waals surface area contributed by atoms with Crippen molar-refractivity contribution in [1.29, 1.82) is 0 Å². The van der Waals surface area contributed by atoms with E-state index in [1.807, 2.05) is 47.8 Å². The standard InChI is InChI=1S/C31H37Cl2N5O2S2/c32-25-10-9-20(15-26(25)33)17-38-13-11-23(12-14-38)35-28(39)19-42-31-37-27(18-41-31)22-7-4-8-24(16-22)36-30(40)29(34)21-5-2-1-3-6-21/h4,7-10,15-16,18,21,23,29H,1-3,5-6,11-14,17,19,34H2,(H,35,39)(H,36,40)/t29-/m0/s1. The summed E-state index contributed by atoms with van der Waals surface area (Å²) in [6.45, 7) is 2.66. The minimum atomic E-state index is -0.482. The van der Waals surface area contributed by atoms with Gasteiger partial charge in [-0.25, -0.2) is 4.98 Å². The number of benzene rings is 2. The van der Waals surface area contributed by atoms with Crippen molar-refractivity contribution in [2.75, 3.05) is 24.2 Å². The Hall–Kier alpha value is -2.14. The number of halogens is 2. The molecule has 0 radical (unpaired) electrons. The number of aromatic nitrogens is 1. The van der Waals surface area contributed by atoms with E-state index in [1.54, 1.807) is 0 Å². The van der Waals surface area contributed by atoms with Crippen LogP contribution in [0.4, 0.5) is 5.69 Å². The highest BCUT2D eigenvalue weighted by Gasteiger charge is 2.26. The van der Waals surface area contributed by atoms with Crippen LogP contribution in [0.25, 0.3) is 11.3 Å². The maximum absolute atomic E-state index is 12.8. The third-order valence-electron chi connectivity index (χ3n) is 8.04. The van der Waals surface area contributed by atoms with Gasteiger partial charge >= 0.3 is 0 Å².